The van der Waals surface area contributed by atoms with Gasteiger partial charge in [-0.05, 0) is 19.2 Å². The highest BCUT2D eigenvalue weighted by Crippen LogP contribution is 2.23. The zero-order valence-corrected chi connectivity index (χ0v) is 11.1. The predicted molar refractivity (Wildman–Crippen MR) is 70.5 cm³/mol. The Bertz CT molecular complexity index is 350. The first-order valence-electron chi connectivity index (χ1n) is 5.83. The summed E-state index contributed by atoms with van der Waals surface area (Å²) in [6, 6.07) is 3.37. The molecule has 0 aliphatic rings. The Morgan fingerprint density at radius 1 is 1.41 bits per heavy atom. The minimum absolute atomic E-state index is 0.213. The fourth-order valence-electron chi connectivity index (χ4n) is 1.55. The van der Waals surface area contributed by atoms with Crippen molar-refractivity contribution >= 4 is 16.3 Å². The van der Waals surface area contributed by atoms with Crippen LogP contribution in [-0.4, -0.2) is 36.0 Å². The maximum Gasteiger partial charge on any atom is 0.324 e. The molecule has 0 saturated heterocycles. The van der Waals surface area contributed by atoms with Gasteiger partial charge in [0.15, 0.2) is 0 Å². The first kappa shape index (κ1) is 14.1. The van der Waals surface area contributed by atoms with E-state index in [0.29, 0.717) is 6.54 Å². The number of likely N-dealkylation sites (N-methyl/N-ethyl adjacent to an activating group) is 1. The average Bonchev–Trinajstić information content (AvgIpc) is 2.78. The van der Waals surface area contributed by atoms with Crippen LogP contribution in [0.3, 0.4) is 0 Å². The topological polar surface area (TPSA) is 58.4 Å². The third kappa shape index (κ3) is 4.80. The molecular formula is C11H19N3O2S. The number of rotatable bonds is 8. The van der Waals surface area contributed by atoms with Crippen molar-refractivity contribution in [3.8, 4) is 0 Å². The molecule has 1 heterocycles. The van der Waals surface area contributed by atoms with Crippen LogP contribution in [0.15, 0.2) is 12.1 Å². The zero-order chi connectivity index (χ0) is 12.7. The number of thiophene rings is 1. The van der Waals surface area contributed by atoms with E-state index < -0.39 is 0 Å². The van der Waals surface area contributed by atoms with Crippen molar-refractivity contribution < 1.29 is 4.92 Å². The van der Waals surface area contributed by atoms with Crippen LogP contribution >= 0.6 is 11.3 Å². The van der Waals surface area contributed by atoms with Crippen LogP contribution in [0.2, 0.25) is 0 Å². The van der Waals surface area contributed by atoms with Gasteiger partial charge in [-0.3, -0.25) is 10.1 Å². The van der Waals surface area contributed by atoms with Crippen molar-refractivity contribution in [3.05, 3.63) is 27.1 Å². The second-order valence-electron chi connectivity index (χ2n) is 3.70. The van der Waals surface area contributed by atoms with E-state index in [1.165, 1.54) is 11.3 Å². The minimum atomic E-state index is -0.343. The Morgan fingerprint density at radius 2 is 2.12 bits per heavy atom. The Labute approximate surface area is 106 Å². The van der Waals surface area contributed by atoms with Gasteiger partial charge in [0.2, 0.25) is 0 Å². The maximum absolute atomic E-state index is 10.5. The van der Waals surface area contributed by atoms with E-state index >= 15 is 0 Å². The summed E-state index contributed by atoms with van der Waals surface area (Å²) in [5.74, 6) is 0. The Hall–Kier alpha value is -0.980. The molecule has 17 heavy (non-hydrogen) atoms. The quantitative estimate of drug-likeness (QED) is 0.440. The van der Waals surface area contributed by atoms with Crippen LogP contribution in [0.4, 0.5) is 5.00 Å². The number of nitrogens with zero attached hydrogens (tertiary/aromatic N) is 2. The summed E-state index contributed by atoms with van der Waals surface area (Å²) in [5, 5.41) is 14.0. The van der Waals surface area contributed by atoms with Gasteiger partial charge in [0.1, 0.15) is 0 Å². The van der Waals surface area contributed by atoms with Gasteiger partial charge in [-0.1, -0.05) is 25.2 Å². The normalized spacial score (nSPS) is 11.0. The smallest absolute Gasteiger partial charge is 0.311 e. The van der Waals surface area contributed by atoms with Gasteiger partial charge in [0, 0.05) is 30.6 Å². The highest BCUT2D eigenvalue weighted by atomic mass is 32.1. The van der Waals surface area contributed by atoms with Gasteiger partial charge in [-0.2, -0.15) is 0 Å². The van der Waals surface area contributed by atoms with Crippen molar-refractivity contribution in [1.82, 2.24) is 10.2 Å². The van der Waals surface area contributed by atoms with Gasteiger partial charge in [-0.25, -0.2) is 0 Å². The summed E-state index contributed by atoms with van der Waals surface area (Å²) < 4.78 is 0. The molecular weight excluding hydrogens is 238 g/mol. The summed E-state index contributed by atoms with van der Waals surface area (Å²) in [6.07, 6.45) is 0. The number of hydrogen-bond donors (Lipinski definition) is 1. The largest absolute Gasteiger partial charge is 0.324 e. The molecule has 1 rings (SSSR count). The van der Waals surface area contributed by atoms with Crippen LogP contribution < -0.4 is 5.32 Å². The number of nitrogens with one attached hydrogen (secondary N) is 1. The summed E-state index contributed by atoms with van der Waals surface area (Å²) >= 11 is 1.24. The number of hydrogen-bond acceptors (Lipinski definition) is 5. The van der Waals surface area contributed by atoms with Crippen molar-refractivity contribution in [2.75, 3.05) is 26.2 Å². The Morgan fingerprint density at radius 3 is 2.65 bits per heavy atom. The highest BCUT2D eigenvalue weighted by molar-refractivity contribution is 7.15. The zero-order valence-electron chi connectivity index (χ0n) is 10.3. The lowest BCUT2D eigenvalue weighted by Crippen LogP contribution is -2.31. The lowest BCUT2D eigenvalue weighted by atomic mass is 10.4. The van der Waals surface area contributed by atoms with Crippen molar-refractivity contribution in [1.29, 1.82) is 0 Å². The van der Waals surface area contributed by atoms with Gasteiger partial charge in [-0.15, -0.1) is 0 Å². The molecule has 0 aromatic carbocycles. The van der Waals surface area contributed by atoms with Crippen molar-refractivity contribution in [2.24, 2.45) is 0 Å². The average molecular weight is 257 g/mol. The van der Waals surface area contributed by atoms with Crippen LogP contribution in [-0.2, 0) is 6.54 Å². The summed E-state index contributed by atoms with van der Waals surface area (Å²) in [5.41, 5.74) is 0. The highest BCUT2D eigenvalue weighted by Gasteiger charge is 2.08. The molecule has 96 valence electrons. The molecule has 1 aromatic rings. The molecule has 0 amide bonds. The summed E-state index contributed by atoms with van der Waals surface area (Å²) in [4.78, 5) is 13.5. The van der Waals surface area contributed by atoms with Crippen molar-refractivity contribution in [3.63, 3.8) is 0 Å². The van der Waals surface area contributed by atoms with E-state index in [0.717, 1.165) is 31.1 Å². The van der Waals surface area contributed by atoms with E-state index in [1.807, 2.05) is 6.07 Å². The van der Waals surface area contributed by atoms with Crippen LogP contribution in [0, 0.1) is 10.1 Å². The van der Waals surface area contributed by atoms with Crippen molar-refractivity contribution in [2.45, 2.75) is 20.4 Å². The van der Waals surface area contributed by atoms with E-state index in [9.17, 15) is 10.1 Å². The van der Waals surface area contributed by atoms with Crippen LogP contribution in [0.25, 0.3) is 0 Å². The third-order valence-corrected chi connectivity index (χ3v) is 3.66. The van der Waals surface area contributed by atoms with Crippen LogP contribution in [0.5, 0.6) is 0 Å². The molecule has 1 aromatic heterocycles. The third-order valence-electron chi connectivity index (χ3n) is 2.63. The SMILES string of the molecule is CCN(CC)CCNCc1ccc([N+](=O)[O-])s1. The van der Waals surface area contributed by atoms with Gasteiger partial charge in [0.25, 0.3) is 0 Å². The van der Waals surface area contributed by atoms with E-state index in [-0.39, 0.29) is 9.92 Å². The van der Waals surface area contributed by atoms with Crippen LogP contribution in [0.1, 0.15) is 18.7 Å². The molecule has 5 nitrogen and oxygen atoms in total. The summed E-state index contributed by atoms with van der Waals surface area (Å²) in [7, 11) is 0. The second-order valence-corrected chi connectivity index (χ2v) is 4.85. The molecule has 6 heteroatoms. The molecule has 0 atom stereocenters. The maximum atomic E-state index is 10.5. The molecule has 1 N–H and O–H groups in total. The first-order chi connectivity index (χ1) is 8.17. The molecule has 0 bridgehead atoms. The molecule has 0 fully saturated rings. The lowest BCUT2D eigenvalue weighted by molar-refractivity contribution is -0.380. The van der Waals surface area contributed by atoms with Gasteiger partial charge in [0.05, 0.1) is 4.92 Å². The molecule has 0 unspecified atom stereocenters. The molecule has 0 aliphatic heterocycles. The van der Waals surface area contributed by atoms with E-state index in [2.05, 4.69) is 24.1 Å². The van der Waals surface area contributed by atoms with Gasteiger partial charge >= 0.3 is 5.00 Å². The Kier molecular flexibility index (Phi) is 6.10. The number of nitro groups is 1. The molecule has 0 aliphatic carbocycles. The van der Waals surface area contributed by atoms with E-state index in [4.69, 9.17) is 0 Å². The minimum Gasteiger partial charge on any atom is -0.311 e. The molecule has 0 radical (unpaired) electrons. The fourth-order valence-corrected chi connectivity index (χ4v) is 2.34. The summed E-state index contributed by atoms with van der Waals surface area (Å²) in [6.45, 7) is 9.04. The first-order valence-corrected chi connectivity index (χ1v) is 6.65. The van der Waals surface area contributed by atoms with Gasteiger partial charge < -0.3 is 10.2 Å². The Balaban J connectivity index is 2.24. The monoisotopic (exact) mass is 257 g/mol. The van der Waals surface area contributed by atoms with E-state index in [1.54, 1.807) is 6.07 Å². The predicted octanol–water partition coefficient (Wildman–Crippen LogP) is 2.09. The fraction of sp³-hybridized carbons (Fsp3) is 0.636. The molecule has 0 spiro atoms. The lowest BCUT2D eigenvalue weighted by Gasteiger charge is -2.17. The second kappa shape index (κ2) is 7.37. The molecule has 0 saturated carbocycles. The standard InChI is InChI=1S/C11H19N3O2S/c1-3-13(4-2)8-7-12-9-10-5-6-11(17-10)14(15)16/h5-6,12H,3-4,7-9H2,1-2H3.